The highest BCUT2D eigenvalue weighted by molar-refractivity contribution is 5.99. The Balaban J connectivity index is 0.000000391. The quantitative estimate of drug-likeness (QED) is 0.797. The van der Waals surface area contributed by atoms with Crippen molar-refractivity contribution in [3.63, 3.8) is 0 Å². The van der Waals surface area contributed by atoms with Crippen LogP contribution in [0.15, 0.2) is 24.4 Å². The largest absolute Gasteiger partial charge is 0.377 e. The number of amides is 1. The van der Waals surface area contributed by atoms with E-state index in [0.29, 0.717) is 12.6 Å². The molecule has 1 N–H and O–H groups in total. The first-order valence-corrected chi connectivity index (χ1v) is 11.2. The first-order valence-electron chi connectivity index (χ1n) is 11.2. The number of allylic oxidation sites excluding steroid dienone is 1. The summed E-state index contributed by atoms with van der Waals surface area (Å²) in [6.07, 6.45) is 7.86. The maximum absolute atomic E-state index is 12.6. The SMILES string of the molecule is CC/C=C\c1c(N2CCC(C)C2=O)cc(N2CCOCC2C)nc1C.Cc1ccn[nH]1. The van der Waals surface area contributed by atoms with E-state index in [1.807, 2.05) is 31.7 Å². The predicted octanol–water partition coefficient (Wildman–Crippen LogP) is 4.13. The van der Waals surface area contributed by atoms with Crippen LogP contribution >= 0.6 is 0 Å². The summed E-state index contributed by atoms with van der Waals surface area (Å²) >= 11 is 0. The third-order valence-electron chi connectivity index (χ3n) is 5.80. The molecule has 0 radical (unpaired) electrons. The van der Waals surface area contributed by atoms with Crippen LogP contribution in [0.2, 0.25) is 0 Å². The molecule has 0 spiro atoms. The molecule has 0 saturated carbocycles. The van der Waals surface area contributed by atoms with E-state index < -0.39 is 0 Å². The molecule has 31 heavy (non-hydrogen) atoms. The molecule has 4 heterocycles. The molecule has 1 amide bonds. The van der Waals surface area contributed by atoms with Crippen LogP contribution in [0.25, 0.3) is 6.08 Å². The molecule has 0 aromatic carbocycles. The van der Waals surface area contributed by atoms with Crippen LogP contribution in [0, 0.1) is 19.8 Å². The molecule has 2 aliphatic heterocycles. The Bertz CT molecular complexity index is 894. The van der Waals surface area contributed by atoms with Gasteiger partial charge in [0.15, 0.2) is 0 Å². The molecule has 2 aliphatic rings. The van der Waals surface area contributed by atoms with Gasteiger partial charge in [0.1, 0.15) is 5.82 Å². The van der Waals surface area contributed by atoms with Crippen LogP contribution in [0.3, 0.4) is 0 Å². The highest BCUT2D eigenvalue weighted by Gasteiger charge is 2.32. The number of nitrogens with one attached hydrogen (secondary N) is 1. The van der Waals surface area contributed by atoms with Crippen molar-refractivity contribution in [2.45, 2.75) is 53.5 Å². The van der Waals surface area contributed by atoms with Crippen LogP contribution in [0.4, 0.5) is 11.5 Å². The monoisotopic (exact) mass is 425 g/mol. The average molecular weight is 426 g/mol. The lowest BCUT2D eigenvalue weighted by molar-refractivity contribution is -0.119. The summed E-state index contributed by atoms with van der Waals surface area (Å²) in [6.45, 7) is 13.4. The van der Waals surface area contributed by atoms with Gasteiger partial charge in [-0.05, 0) is 39.7 Å². The molecule has 2 saturated heterocycles. The fourth-order valence-corrected chi connectivity index (χ4v) is 3.92. The summed E-state index contributed by atoms with van der Waals surface area (Å²) in [5.41, 5.74) is 4.15. The van der Waals surface area contributed by atoms with Gasteiger partial charge < -0.3 is 14.5 Å². The van der Waals surface area contributed by atoms with Gasteiger partial charge in [0.05, 0.1) is 24.9 Å². The number of ether oxygens (including phenoxy) is 1. The predicted molar refractivity (Wildman–Crippen MR) is 125 cm³/mol. The third kappa shape index (κ3) is 5.53. The van der Waals surface area contributed by atoms with Crippen LogP contribution in [-0.4, -0.2) is 53.4 Å². The van der Waals surface area contributed by atoms with Crippen molar-refractivity contribution in [2.24, 2.45) is 5.92 Å². The van der Waals surface area contributed by atoms with Crippen molar-refractivity contribution in [1.82, 2.24) is 15.2 Å². The van der Waals surface area contributed by atoms with E-state index in [1.165, 1.54) is 0 Å². The molecule has 7 heteroatoms. The zero-order valence-corrected chi connectivity index (χ0v) is 19.4. The molecule has 2 fully saturated rings. The van der Waals surface area contributed by atoms with Gasteiger partial charge in [-0.1, -0.05) is 26.0 Å². The summed E-state index contributed by atoms with van der Waals surface area (Å²) in [6, 6.07) is 4.30. The normalized spacial score (nSPS) is 21.5. The zero-order valence-electron chi connectivity index (χ0n) is 19.4. The van der Waals surface area contributed by atoms with E-state index in [1.54, 1.807) is 6.20 Å². The number of anilines is 2. The van der Waals surface area contributed by atoms with Gasteiger partial charge in [-0.3, -0.25) is 9.89 Å². The van der Waals surface area contributed by atoms with Crippen molar-refractivity contribution >= 4 is 23.5 Å². The minimum atomic E-state index is 0.0993. The average Bonchev–Trinajstić information content (AvgIpc) is 3.36. The third-order valence-corrected chi connectivity index (χ3v) is 5.80. The zero-order chi connectivity index (χ0) is 22.4. The van der Waals surface area contributed by atoms with E-state index in [-0.39, 0.29) is 11.8 Å². The number of rotatable bonds is 4. The molecule has 168 valence electrons. The van der Waals surface area contributed by atoms with E-state index >= 15 is 0 Å². The van der Waals surface area contributed by atoms with Gasteiger partial charge >= 0.3 is 0 Å². The van der Waals surface area contributed by atoms with Crippen molar-refractivity contribution < 1.29 is 9.53 Å². The van der Waals surface area contributed by atoms with E-state index in [4.69, 9.17) is 9.72 Å². The number of pyridine rings is 1. The Morgan fingerprint density at radius 3 is 2.65 bits per heavy atom. The summed E-state index contributed by atoms with van der Waals surface area (Å²) in [5.74, 6) is 1.27. The lowest BCUT2D eigenvalue weighted by atomic mass is 10.1. The number of H-pyrrole nitrogens is 1. The second-order valence-corrected chi connectivity index (χ2v) is 8.35. The van der Waals surface area contributed by atoms with Crippen LogP contribution < -0.4 is 9.80 Å². The summed E-state index contributed by atoms with van der Waals surface area (Å²) in [7, 11) is 0. The van der Waals surface area contributed by atoms with Gasteiger partial charge in [-0.15, -0.1) is 0 Å². The Hall–Kier alpha value is -2.67. The highest BCUT2D eigenvalue weighted by Crippen LogP contribution is 2.34. The number of aryl methyl sites for hydroxylation is 2. The van der Waals surface area contributed by atoms with E-state index in [0.717, 1.165) is 61.0 Å². The van der Waals surface area contributed by atoms with Gasteiger partial charge in [-0.25, -0.2) is 4.98 Å². The summed E-state index contributed by atoms with van der Waals surface area (Å²) in [4.78, 5) is 21.7. The maximum atomic E-state index is 12.6. The van der Waals surface area contributed by atoms with Crippen molar-refractivity contribution in [3.8, 4) is 0 Å². The van der Waals surface area contributed by atoms with E-state index in [9.17, 15) is 4.79 Å². The summed E-state index contributed by atoms with van der Waals surface area (Å²) in [5, 5.41) is 6.45. The molecule has 7 nitrogen and oxygen atoms in total. The van der Waals surface area contributed by atoms with Crippen LogP contribution in [0.5, 0.6) is 0 Å². The second kappa shape index (κ2) is 10.6. The van der Waals surface area contributed by atoms with Gasteiger partial charge in [0, 0.05) is 48.2 Å². The van der Waals surface area contributed by atoms with Gasteiger partial charge in [0.2, 0.25) is 5.91 Å². The Labute approximate surface area is 185 Å². The fraction of sp³-hybridized carbons (Fsp3) is 0.542. The smallest absolute Gasteiger partial charge is 0.229 e. The van der Waals surface area contributed by atoms with Gasteiger partial charge in [-0.2, -0.15) is 5.10 Å². The number of carbonyl (C=O) groups is 1. The van der Waals surface area contributed by atoms with Gasteiger partial charge in [0.25, 0.3) is 0 Å². The Kier molecular flexibility index (Phi) is 7.85. The molecular formula is C24H35N5O2. The Morgan fingerprint density at radius 2 is 2.10 bits per heavy atom. The van der Waals surface area contributed by atoms with Crippen molar-refractivity contribution in [2.75, 3.05) is 36.1 Å². The molecule has 2 unspecified atom stereocenters. The topological polar surface area (TPSA) is 74.3 Å². The molecule has 2 aromatic rings. The fourth-order valence-electron chi connectivity index (χ4n) is 3.92. The molecule has 2 atom stereocenters. The van der Waals surface area contributed by atoms with Crippen LogP contribution in [-0.2, 0) is 9.53 Å². The lowest BCUT2D eigenvalue weighted by Gasteiger charge is -2.35. The number of carbonyl (C=O) groups excluding carboxylic acids is 1. The molecule has 0 bridgehead atoms. The minimum absolute atomic E-state index is 0.0993. The lowest BCUT2D eigenvalue weighted by Crippen LogP contribution is -2.44. The number of hydrogen-bond acceptors (Lipinski definition) is 5. The molecular weight excluding hydrogens is 390 g/mol. The number of aromatic amines is 1. The first kappa shape index (κ1) is 23.0. The summed E-state index contributed by atoms with van der Waals surface area (Å²) < 4.78 is 5.56. The maximum Gasteiger partial charge on any atom is 0.229 e. The molecule has 4 rings (SSSR count). The number of hydrogen-bond donors (Lipinski definition) is 1. The van der Waals surface area contributed by atoms with Crippen molar-refractivity contribution in [1.29, 1.82) is 0 Å². The number of nitrogens with zero attached hydrogens (tertiary/aromatic N) is 4. The standard InChI is InChI=1S/C20H29N3O2.C4H6N2/c1-5-6-7-17-16(4)21-19(22-10-11-25-13-15(22)3)12-18(17)23-9-8-14(2)20(23)24;1-4-2-3-5-6-4/h6-7,12,14-15H,5,8-11,13H2,1-4H3;2-3H,1H3,(H,5,6)/b7-6-;. The first-order chi connectivity index (χ1) is 14.9. The second-order valence-electron chi connectivity index (χ2n) is 8.35. The number of morpholine rings is 1. The Morgan fingerprint density at radius 1 is 1.29 bits per heavy atom. The van der Waals surface area contributed by atoms with Crippen LogP contribution in [0.1, 0.15) is 50.6 Å². The number of aromatic nitrogens is 3. The molecule has 0 aliphatic carbocycles. The minimum Gasteiger partial charge on any atom is -0.377 e. The highest BCUT2D eigenvalue weighted by atomic mass is 16.5. The molecule has 2 aromatic heterocycles. The van der Waals surface area contributed by atoms with E-state index in [2.05, 4.69) is 47.2 Å². The van der Waals surface area contributed by atoms with Crippen molar-refractivity contribution in [3.05, 3.63) is 41.4 Å².